The van der Waals surface area contributed by atoms with Crippen LogP contribution in [0.1, 0.15) is 5.56 Å². The summed E-state index contributed by atoms with van der Waals surface area (Å²) in [4.78, 5) is 16.3. The maximum Gasteiger partial charge on any atom is 0.325 e. The monoisotopic (exact) mass is 376 g/mol. The molecule has 2 aromatic carbocycles. The number of halogens is 1. The lowest BCUT2D eigenvalue weighted by molar-refractivity contribution is 0.206. The molecule has 2 aliphatic rings. The first-order valence-electron chi connectivity index (χ1n) is 8.05. The third kappa shape index (κ3) is 2.89. The number of para-hydroxylation sites is 1. The number of hydrogen-bond acceptors (Lipinski definition) is 3. The van der Waals surface area contributed by atoms with Crippen LogP contribution >= 0.6 is 11.6 Å². The van der Waals surface area contributed by atoms with E-state index in [2.05, 4.69) is 0 Å². The maximum absolute atomic E-state index is 13.1. The molecule has 0 bridgehead atoms. The predicted molar refractivity (Wildman–Crippen MR) is 97.5 cm³/mol. The van der Waals surface area contributed by atoms with Gasteiger partial charge >= 0.3 is 6.03 Å². The summed E-state index contributed by atoms with van der Waals surface area (Å²) in [6.45, 7) is 0.304. The van der Waals surface area contributed by atoms with Gasteiger partial charge in [0.25, 0.3) is 0 Å². The maximum atomic E-state index is 13.1. The molecule has 0 radical (unpaired) electrons. The Morgan fingerprint density at radius 1 is 0.960 bits per heavy atom. The Balaban J connectivity index is 1.72. The highest BCUT2D eigenvalue weighted by atomic mass is 35.5. The third-order valence-electron chi connectivity index (χ3n) is 4.81. The van der Waals surface area contributed by atoms with E-state index in [0.29, 0.717) is 11.6 Å². The van der Waals surface area contributed by atoms with Crippen molar-refractivity contribution in [2.24, 2.45) is 0 Å². The summed E-state index contributed by atoms with van der Waals surface area (Å²) in [7, 11) is -3.17. The Morgan fingerprint density at radius 3 is 2.32 bits per heavy atom. The van der Waals surface area contributed by atoms with E-state index >= 15 is 0 Å². The van der Waals surface area contributed by atoms with Gasteiger partial charge < -0.3 is 4.90 Å². The molecular weight excluding hydrogens is 360 g/mol. The fraction of sp³-hybridized carbons (Fsp3) is 0.278. The van der Waals surface area contributed by atoms with Crippen molar-refractivity contribution in [3.63, 3.8) is 0 Å². The smallest absolute Gasteiger partial charge is 0.314 e. The summed E-state index contributed by atoms with van der Waals surface area (Å²) in [6, 6.07) is 15.7. The van der Waals surface area contributed by atoms with Gasteiger partial charge in [-0.2, -0.15) is 0 Å². The predicted octanol–water partition coefficient (Wildman–Crippen LogP) is 2.95. The van der Waals surface area contributed by atoms with Gasteiger partial charge in [0.15, 0.2) is 9.84 Å². The van der Waals surface area contributed by atoms with Crippen LogP contribution < -0.4 is 4.90 Å². The van der Waals surface area contributed by atoms with Crippen molar-refractivity contribution in [1.82, 2.24) is 4.90 Å². The second-order valence-electron chi connectivity index (χ2n) is 6.42. The van der Waals surface area contributed by atoms with Crippen molar-refractivity contribution in [2.75, 3.05) is 16.4 Å². The molecule has 0 N–H and O–H groups in total. The molecule has 7 heteroatoms. The number of benzene rings is 2. The van der Waals surface area contributed by atoms with Crippen molar-refractivity contribution in [3.8, 4) is 0 Å². The van der Waals surface area contributed by atoms with E-state index in [0.717, 1.165) is 11.3 Å². The number of fused-ring (bicyclic) bond motifs is 1. The van der Waals surface area contributed by atoms with Crippen molar-refractivity contribution in [2.45, 2.75) is 18.6 Å². The highest BCUT2D eigenvalue weighted by Gasteiger charge is 2.53. The third-order valence-corrected chi connectivity index (χ3v) is 6.88. The van der Waals surface area contributed by atoms with Gasteiger partial charge in [-0.25, -0.2) is 13.2 Å². The van der Waals surface area contributed by atoms with Crippen molar-refractivity contribution in [3.05, 3.63) is 65.2 Å². The summed E-state index contributed by atoms with van der Waals surface area (Å²) >= 11 is 6.23. The molecule has 2 aromatic rings. The Hall–Kier alpha value is -2.05. The average Bonchev–Trinajstić information content (AvgIpc) is 3.01. The average molecular weight is 377 g/mol. The van der Waals surface area contributed by atoms with Crippen LogP contribution in [0.4, 0.5) is 10.5 Å². The van der Waals surface area contributed by atoms with Gasteiger partial charge in [0.2, 0.25) is 0 Å². The van der Waals surface area contributed by atoms with E-state index in [1.54, 1.807) is 15.9 Å². The molecule has 0 aromatic heterocycles. The molecule has 0 aliphatic carbocycles. The van der Waals surface area contributed by atoms with Gasteiger partial charge in [0.1, 0.15) is 0 Å². The fourth-order valence-electron chi connectivity index (χ4n) is 3.66. The molecule has 130 valence electrons. The van der Waals surface area contributed by atoms with Crippen LogP contribution in [0.5, 0.6) is 0 Å². The largest absolute Gasteiger partial charge is 0.325 e. The van der Waals surface area contributed by atoms with E-state index in [-0.39, 0.29) is 29.6 Å². The van der Waals surface area contributed by atoms with Crippen LogP contribution in [0, 0.1) is 0 Å². The van der Waals surface area contributed by atoms with Crippen LogP contribution in [-0.2, 0) is 16.4 Å². The normalized spacial score (nSPS) is 24.6. The van der Waals surface area contributed by atoms with Gasteiger partial charge in [-0.3, -0.25) is 4.90 Å². The molecular formula is C18H17ClN2O3S. The number of nitrogens with zero attached hydrogens (tertiary/aromatic N) is 2. The summed E-state index contributed by atoms with van der Waals surface area (Å²) in [5.41, 5.74) is 1.54. The van der Waals surface area contributed by atoms with Crippen LogP contribution in [-0.4, -0.2) is 42.9 Å². The highest BCUT2D eigenvalue weighted by molar-refractivity contribution is 7.91. The van der Waals surface area contributed by atoms with Gasteiger partial charge in [-0.15, -0.1) is 0 Å². The number of urea groups is 1. The zero-order valence-corrected chi connectivity index (χ0v) is 14.9. The molecule has 5 nitrogen and oxygen atoms in total. The number of anilines is 1. The molecule has 0 unspecified atom stereocenters. The Bertz CT molecular complexity index is 917. The number of rotatable bonds is 3. The topological polar surface area (TPSA) is 57.7 Å². The van der Waals surface area contributed by atoms with E-state index in [9.17, 15) is 13.2 Å². The molecule has 2 aliphatic heterocycles. The molecule has 0 saturated carbocycles. The van der Waals surface area contributed by atoms with Crippen LogP contribution in [0.2, 0.25) is 5.02 Å². The van der Waals surface area contributed by atoms with E-state index in [4.69, 9.17) is 11.6 Å². The second kappa shape index (κ2) is 6.04. The zero-order chi connectivity index (χ0) is 17.6. The van der Waals surface area contributed by atoms with Crippen molar-refractivity contribution < 1.29 is 13.2 Å². The zero-order valence-electron chi connectivity index (χ0n) is 13.4. The number of carbonyl (C=O) groups excluding carboxylic acids is 1. The van der Waals surface area contributed by atoms with Crippen LogP contribution in [0.25, 0.3) is 0 Å². The molecule has 0 spiro atoms. The number of sulfone groups is 1. The summed E-state index contributed by atoms with van der Waals surface area (Å²) in [5, 5.41) is 0.575. The van der Waals surface area contributed by atoms with E-state index in [1.165, 1.54) is 0 Å². The van der Waals surface area contributed by atoms with Crippen LogP contribution in [0.15, 0.2) is 54.6 Å². The van der Waals surface area contributed by atoms with E-state index < -0.39 is 9.84 Å². The van der Waals surface area contributed by atoms with E-state index in [1.807, 2.05) is 48.5 Å². The van der Waals surface area contributed by atoms with Gasteiger partial charge in [-0.1, -0.05) is 48.0 Å². The summed E-state index contributed by atoms with van der Waals surface area (Å²) < 4.78 is 24.4. The first-order chi connectivity index (χ1) is 12.0. The number of amides is 2. The molecule has 2 fully saturated rings. The molecule has 25 heavy (non-hydrogen) atoms. The number of carbonyl (C=O) groups is 1. The Kier molecular flexibility index (Phi) is 3.96. The SMILES string of the molecule is O=C1N(Cc2ccccc2Cl)[C@H]2CS(=O)(=O)C[C@H]2N1c1ccccc1. The second-order valence-corrected chi connectivity index (χ2v) is 8.98. The molecule has 2 heterocycles. The summed E-state index contributed by atoms with van der Waals surface area (Å²) in [6.07, 6.45) is 0. The Labute approximate surface area is 151 Å². The summed E-state index contributed by atoms with van der Waals surface area (Å²) in [5.74, 6) is -0.00544. The highest BCUT2D eigenvalue weighted by Crippen LogP contribution is 2.36. The quantitative estimate of drug-likeness (QED) is 0.774. The lowest BCUT2D eigenvalue weighted by atomic mass is 10.1. The molecule has 2 saturated heterocycles. The van der Waals surface area contributed by atoms with Gasteiger partial charge in [0, 0.05) is 17.3 Å². The first-order valence-corrected chi connectivity index (χ1v) is 10.2. The number of hydrogen-bond donors (Lipinski definition) is 0. The van der Waals surface area contributed by atoms with Gasteiger partial charge in [-0.05, 0) is 23.8 Å². The minimum atomic E-state index is -3.17. The fourth-order valence-corrected chi connectivity index (χ4v) is 5.81. The molecule has 2 amide bonds. The van der Waals surface area contributed by atoms with Crippen molar-refractivity contribution in [1.29, 1.82) is 0 Å². The first kappa shape index (κ1) is 16.4. The van der Waals surface area contributed by atoms with Crippen LogP contribution in [0.3, 0.4) is 0 Å². The minimum Gasteiger partial charge on any atom is -0.314 e. The standard InChI is InChI=1S/C18H17ClN2O3S/c19-15-9-5-4-6-13(15)10-20-16-11-25(23,24)12-17(16)21(18(20)22)14-7-2-1-3-8-14/h1-9,16-17H,10-12H2/t16-,17+/m0/s1. The molecule has 4 rings (SSSR count). The Morgan fingerprint density at radius 2 is 1.60 bits per heavy atom. The lowest BCUT2D eigenvalue weighted by Crippen LogP contribution is -2.37. The molecule has 2 atom stereocenters. The van der Waals surface area contributed by atoms with Gasteiger partial charge in [0.05, 0.1) is 23.6 Å². The van der Waals surface area contributed by atoms with Crippen molar-refractivity contribution >= 4 is 33.2 Å². The lowest BCUT2D eigenvalue weighted by Gasteiger charge is -2.23. The minimum absolute atomic E-state index is 0.00266.